The Bertz CT molecular complexity index is 693. The van der Waals surface area contributed by atoms with Gasteiger partial charge in [0.2, 0.25) is 5.91 Å². The number of likely N-dealkylation sites (N-methyl/N-ethyl adjacent to an activating group) is 1. The molecule has 2 rings (SSSR count). The number of carbonyl (C=O) groups excluding carboxylic acids is 3. The van der Waals surface area contributed by atoms with Gasteiger partial charge in [-0.25, -0.2) is 0 Å². The maximum Gasteiger partial charge on any atom is 0.308 e. The van der Waals surface area contributed by atoms with Gasteiger partial charge in [0.15, 0.2) is 0 Å². The normalized spacial score (nSPS) is 16.0. The van der Waals surface area contributed by atoms with Gasteiger partial charge in [0, 0.05) is 13.6 Å². The number of imide groups is 1. The number of rotatable bonds is 6. The van der Waals surface area contributed by atoms with Gasteiger partial charge in [-0.2, -0.15) is 0 Å². The van der Waals surface area contributed by atoms with Crippen molar-refractivity contribution in [2.45, 2.75) is 26.8 Å². The van der Waals surface area contributed by atoms with E-state index in [-0.39, 0.29) is 23.6 Å². The van der Waals surface area contributed by atoms with Crippen molar-refractivity contribution < 1.29 is 24.3 Å². The number of hydrogen-bond donors (Lipinski definition) is 1. The molecular formula is C18H22N2O5. The maximum atomic E-state index is 12.9. The van der Waals surface area contributed by atoms with Crippen LogP contribution in [0.15, 0.2) is 24.3 Å². The molecule has 2 atom stereocenters. The summed E-state index contributed by atoms with van der Waals surface area (Å²) < 4.78 is 0. The van der Waals surface area contributed by atoms with Gasteiger partial charge < -0.3 is 10.0 Å². The molecule has 0 spiro atoms. The topological polar surface area (TPSA) is 95.0 Å². The summed E-state index contributed by atoms with van der Waals surface area (Å²) in [4.78, 5) is 51.4. The van der Waals surface area contributed by atoms with Crippen molar-refractivity contribution in [2.24, 2.45) is 11.8 Å². The van der Waals surface area contributed by atoms with E-state index in [0.717, 1.165) is 4.90 Å². The molecule has 1 N–H and O–H groups in total. The largest absolute Gasteiger partial charge is 0.481 e. The number of amides is 3. The summed E-state index contributed by atoms with van der Waals surface area (Å²) in [5.41, 5.74) is 0.569. The second-order valence-electron chi connectivity index (χ2n) is 6.67. The highest BCUT2D eigenvalue weighted by Crippen LogP contribution is 2.28. The van der Waals surface area contributed by atoms with E-state index in [1.807, 2.05) is 0 Å². The summed E-state index contributed by atoms with van der Waals surface area (Å²) in [6.45, 7) is 5.00. The molecule has 1 aromatic carbocycles. The lowest BCUT2D eigenvalue weighted by Crippen LogP contribution is -2.53. The number of aliphatic carboxylic acids is 1. The van der Waals surface area contributed by atoms with Crippen LogP contribution in [0.4, 0.5) is 0 Å². The molecule has 0 saturated heterocycles. The molecular weight excluding hydrogens is 324 g/mol. The Kier molecular flexibility index (Phi) is 5.25. The van der Waals surface area contributed by atoms with E-state index in [9.17, 15) is 19.2 Å². The van der Waals surface area contributed by atoms with Crippen molar-refractivity contribution in [3.8, 4) is 0 Å². The van der Waals surface area contributed by atoms with Gasteiger partial charge in [-0.3, -0.25) is 24.1 Å². The number of fused-ring (bicyclic) bond motifs is 1. The van der Waals surface area contributed by atoms with Crippen molar-refractivity contribution in [2.75, 3.05) is 13.6 Å². The third-order valence-corrected chi connectivity index (χ3v) is 4.33. The molecule has 0 aliphatic carbocycles. The Morgan fingerprint density at radius 2 is 1.56 bits per heavy atom. The molecule has 3 amide bonds. The minimum absolute atomic E-state index is 0.000552. The monoisotopic (exact) mass is 346 g/mol. The van der Waals surface area contributed by atoms with Gasteiger partial charge in [-0.15, -0.1) is 0 Å². The van der Waals surface area contributed by atoms with Crippen LogP contribution in [0.5, 0.6) is 0 Å². The quantitative estimate of drug-likeness (QED) is 0.788. The molecule has 7 nitrogen and oxygen atoms in total. The van der Waals surface area contributed by atoms with Crippen LogP contribution in [-0.2, 0) is 9.59 Å². The first kappa shape index (κ1) is 18.6. The summed E-state index contributed by atoms with van der Waals surface area (Å²) in [7, 11) is 1.48. The lowest BCUT2D eigenvalue weighted by atomic mass is 10.0. The zero-order valence-electron chi connectivity index (χ0n) is 14.7. The van der Waals surface area contributed by atoms with Gasteiger partial charge in [0.25, 0.3) is 11.8 Å². The van der Waals surface area contributed by atoms with Crippen LogP contribution in [0.2, 0.25) is 0 Å². The Hall–Kier alpha value is -2.70. The van der Waals surface area contributed by atoms with Crippen LogP contribution >= 0.6 is 0 Å². The number of benzene rings is 1. The Labute approximate surface area is 146 Å². The Balaban J connectivity index is 2.30. The number of nitrogens with zero attached hydrogens (tertiary/aromatic N) is 2. The fourth-order valence-electron chi connectivity index (χ4n) is 2.96. The molecule has 134 valence electrons. The molecule has 0 saturated carbocycles. The van der Waals surface area contributed by atoms with Crippen LogP contribution in [0.25, 0.3) is 0 Å². The second-order valence-corrected chi connectivity index (χ2v) is 6.67. The van der Waals surface area contributed by atoms with Gasteiger partial charge in [-0.1, -0.05) is 32.9 Å². The number of hydrogen-bond acceptors (Lipinski definition) is 4. The van der Waals surface area contributed by atoms with Gasteiger partial charge in [0.05, 0.1) is 17.0 Å². The predicted molar refractivity (Wildman–Crippen MR) is 90.0 cm³/mol. The molecule has 25 heavy (non-hydrogen) atoms. The van der Waals surface area contributed by atoms with Crippen molar-refractivity contribution in [3.63, 3.8) is 0 Å². The first-order valence-electron chi connectivity index (χ1n) is 8.11. The molecule has 0 aromatic heterocycles. The molecule has 1 heterocycles. The van der Waals surface area contributed by atoms with Crippen molar-refractivity contribution in [1.29, 1.82) is 0 Å². The van der Waals surface area contributed by atoms with E-state index in [1.54, 1.807) is 38.1 Å². The van der Waals surface area contributed by atoms with Crippen LogP contribution in [0.1, 0.15) is 41.5 Å². The second kappa shape index (κ2) is 7.04. The lowest BCUT2D eigenvalue weighted by molar-refractivity contribution is -0.143. The highest BCUT2D eigenvalue weighted by molar-refractivity contribution is 6.22. The third-order valence-electron chi connectivity index (χ3n) is 4.33. The van der Waals surface area contributed by atoms with Crippen molar-refractivity contribution >= 4 is 23.7 Å². The molecule has 1 aromatic rings. The predicted octanol–water partition coefficient (Wildman–Crippen LogP) is 1.49. The fraction of sp³-hybridized carbons (Fsp3) is 0.444. The van der Waals surface area contributed by atoms with E-state index in [1.165, 1.54) is 18.9 Å². The highest BCUT2D eigenvalue weighted by Gasteiger charge is 2.44. The lowest BCUT2D eigenvalue weighted by Gasteiger charge is -2.32. The van der Waals surface area contributed by atoms with Gasteiger partial charge >= 0.3 is 5.97 Å². The first-order chi connectivity index (χ1) is 11.7. The van der Waals surface area contributed by atoms with E-state index >= 15 is 0 Å². The number of carbonyl (C=O) groups is 4. The van der Waals surface area contributed by atoms with Gasteiger partial charge in [0.1, 0.15) is 6.04 Å². The standard InChI is InChI=1S/C18H22N2O5/c1-10(2)14(17(23)19(4)9-11(3)18(24)25)20-15(21)12-7-5-6-8-13(12)16(20)22/h5-8,10-11,14H,9H2,1-4H3,(H,24,25). The van der Waals surface area contributed by atoms with Crippen LogP contribution < -0.4 is 0 Å². The van der Waals surface area contributed by atoms with Crippen LogP contribution in [-0.4, -0.2) is 58.2 Å². The van der Waals surface area contributed by atoms with Crippen LogP contribution in [0.3, 0.4) is 0 Å². The van der Waals surface area contributed by atoms with Gasteiger partial charge in [-0.05, 0) is 18.1 Å². The van der Waals surface area contributed by atoms with E-state index in [2.05, 4.69) is 0 Å². The molecule has 7 heteroatoms. The summed E-state index contributed by atoms with van der Waals surface area (Å²) >= 11 is 0. The number of carboxylic acids is 1. The fourth-order valence-corrected chi connectivity index (χ4v) is 2.96. The van der Waals surface area contributed by atoms with E-state index in [4.69, 9.17) is 5.11 Å². The smallest absolute Gasteiger partial charge is 0.308 e. The first-order valence-corrected chi connectivity index (χ1v) is 8.11. The Morgan fingerprint density at radius 1 is 1.08 bits per heavy atom. The van der Waals surface area contributed by atoms with E-state index in [0.29, 0.717) is 0 Å². The Morgan fingerprint density at radius 3 is 1.96 bits per heavy atom. The summed E-state index contributed by atoms with van der Waals surface area (Å²) in [5, 5.41) is 9.02. The zero-order valence-corrected chi connectivity index (χ0v) is 14.7. The number of carboxylic acid groups (broad SMARTS) is 1. The third kappa shape index (κ3) is 3.40. The molecule has 1 aliphatic rings. The average molecular weight is 346 g/mol. The maximum absolute atomic E-state index is 12.9. The molecule has 0 fully saturated rings. The van der Waals surface area contributed by atoms with Crippen molar-refractivity contribution in [1.82, 2.24) is 9.80 Å². The molecule has 0 radical (unpaired) electrons. The highest BCUT2D eigenvalue weighted by atomic mass is 16.4. The SMILES string of the molecule is CC(CN(C)C(=O)C(C(C)C)N1C(=O)c2ccccc2C1=O)C(=O)O. The molecule has 1 aliphatic heterocycles. The summed E-state index contributed by atoms with van der Waals surface area (Å²) in [6, 6.07) is 5.49. The summed E-state index contributed by atoms with van der Waals surface area (Å²) in [5.74, 6) is -3.50. The molecule has 0 bridgehead atoms. The van der Waals surface area contributed by atoms with Crippen LogP contribution in [0, 0.1) is 11.8 Å². The minimum atomic E-state index is -1.01. The van der Waals surface area contributed by atoms with E-state index < -0.39 is 35.7 Å². The average Bonchev–Trinajstić information content (AvgIpc) is 2.80. The molecule has 2 unspecified atom stereocenters. The zero-order chi connectivity index (χ0) is 18.9. The minimum Gasteiger partial charge on any atom is -0.481 e. The summed E-state index contributed by atoms with van der Waals surface area (Å²) in [6.07, 6.45) is 0. The van der Waals surface area contributed by atoms with Crippen molar-refractivity contribution in [3.05, 3.63) is 35.4 Å².